The lowest BCUT2D eigenvalue weighted by molar-refractivity contribution is -0.142. The summed E-state index contributed by atoms with van der Waals surface area (Å²) in [4.78, 5) is 24.1. The molecule has 0 aromatic heterocycles. The van der Waals surface area contributed by atoms with Gasteiger partial charge in [-0.1, -0.05) is 23.7 Å². The highest BCUT2D eigenvalue weighted by molar-refractivity contribution is 6.32. The van der Waals surface area contributed by atoms with Gasteiger partial charge < -0.3 is 14.8 Å². The van der Waals surface area contributed by atoms with E-state index in [1.165, 1.54) is 0 Å². The molecule has 0 unspecified atom stereocenters. The van der Waals surface area contributed by atoms with Crippen molar-refractivity contribution in [3.8, 4) is 11.5 Å². The first kappa shape index (κ1) is 22.4. The van der Waals surface area contributed by atoms with Crippen LogP contribution in [0.15, 0.2) is 60.7 Å². The molecule has 0 aliphatic rings. The van der Waals surface area contributed by atoms with Crippen LogP contribution in [0.2, 0.25) is 5.02 Å². The third-order valence-corrected chi connectivity index (χ3v) is 5.05. The number of carbonyl (C=O) groups is 2. The lowest BCUT2D eigenvalue weighted by Gasteiger charge is -2.11. The summed E-state index contributed by atoms with van der Waals surface area (Å²) < 4.78 is 10.8. The maximum absolute atomic E-state index is 12.5. The SMILES string of the molecule is CCOC(=O)Cc1ccc(Oc2ccc(NC(=O)c3ccc(C)c(C)c3)cc2)c(Cl)c1. The van der Waals surface area contributed by atoms with Gasteiger partial charge in [0.05, 0.1) is 18.1 Å². The summed E-state index contributed by atoms with van der Waals surface area (Å²) in [6.07, 6.45) is 0.155. The molecule has 0 atom stereocenters. The Morgan fingerprint density at radius 3 is 2.32 bits per heavy atom. The summed E-state index contributed by atoms with van der Waals surface area (Å²) in [5.74, 6) is 0.577. The van der Waals surface area contributed by atoms with Gasteiger partial charge in [0.1, 0.15) is 11.5 Å². The van der Waals surface area contributed by atoms with Crippen LogP contribution in [-0.2, 0) is 16.0 Å². The summed E-state index contributed by atoms with van der Waals surface area (Å²) in [7, 11) is 0. The van der Waals surface area contributed by atoms with Gasteiger partial charge in [0.2, 0.25) is 0 Å². The van der Waals surface area contributed by atoms with Gasteiger partial charge in [-0.05, 0) is 86.0 Å². The van der Waals surface area contributed by atoms with E-state index < -0.39 is 0 Å². The molecule has 1 amide bonds. The first-order valence-electron chi connectivity index (χ1n) is 9.96. The van der Waals surface area contributed by atoms with Crippen LogP contribution >= 0.6 is 11.6 Å². The maximum Gasteiger partial charge on any atom is 0.310 e. The highest BCUT2D eigenvalue weighted by Crippen LogP contribution is 2.31. The number of aryl methyl sites for hydroxylation is 2. The molecule has 0 bridgehead atoms. The van der Waals surface area contributed by atoms with Crippen LogP contribution in [0, 0.1) is 13.8 Å². The van der Waals surface area contributed by atoms with E-state index in [0.29, 0.717) is 34.4 Å². The number of rotatable bonds is 7. The Morgan fingerprint density at radius 2 is 1.68 bits per heavy atom. The number of halogens is 1. The van der Waals surface area contributed by atoms with Gasteiger partial charge in [-0.15, -0.1) is 0 Å². The third-order valence-electron chi connectivity index (χ3n) is 4.76. The number of esters is 1. The average Bonchev–Trinajstić information content (AvgIpc) is 2.73. The fourth-order valence-corrected chi connectivity index (χ4v) is 3.18. The molecule has 0 heterocycles. The molecule has 160 valence electrons. The van der Waals surface area contributed by atoms with Crippen molar-refractivity contribution >= 4 is 29.2 Å². The molecule has 1 N–H and O–H groups in total. The van der Waals surface area contributed by atoms with Crippen molar-refractivity contribution in [1.29, 1.82) is 0 Å². The van der Waals surface area contributed by atoms with Crippen molar-refractivity contribution in [2.75, 3.05) is 11.9 Å². The Kier molecular flexibility index (Phi) is 7.32. The number of hydrogen-bond acceptors (Lipinski definition) is 4. The second-order valence-corrected chi connectivity index (χ2v) is 7.53. The van der Waals surface area contributed by atoms with Gasteiger partial charge in [0.15, 0.2) is 0 Å². The summed E-state index contributed by atoms with van der Waals surface area (Å²) >= 11 is 6.30. The van der Waals surface area contributed by atoms with Crippen molar-refractivity contribution < 1.29 is 19.1 Å². The Balaban J connectivity index is 1.63. The van der Waals surface area contributed by atoms with Gasteiger partial charge in [-0.2, -0.15) is 0 Å². The fourth-order valence-electron chi connectivity index (χ4n) is 2.93. The number of carbonyl (C=O) groups excluding carboxylic acids is 2. The molecule has 0 spiro atoms. The smallest absolute Gasteiger partial charge is 0.310 e. The minimum atomic E-state index is -0.300. The zero-order valence-electron chi connectivity index (χ0n) is 17.7. The number of benzene rings is 3. The van der Waals surface area contributed by atoms with Gasteiger partial charge in [0, 0.05) is 11.3 Å². The molecular formula is C25H24ClNO4. The molecule has 3 rings (SSSR count). The predicted octanol–water partition coefficient (Wildman–Crippen LogP) is 6.11. The lowest BCUT2D eigenvalue weighted by Crippen LogP contribution is -2.12. The van der Waals surface area contributed by atoms with E-state index in [1.54, 1.807) is 49.4 Å². The summed E-state index contributed by atoms with van der Waals surface area (Å²) in [5, 5.41) is 3.28. The third kappa shape index (κ3) is 6.09. The predicted molar refractivity (Wildman–Crippen MR) is 122 cm³/mol. The quantitative estimate of drug-likeness (QED) is 0.453. The minimum Gasteiger partial charge on any atom is -0.466 e. The summed E-state index contributed by atoms with van der Waals surface area (Å²) in [5.41, 5.74) is 4.23. The molecule has 0 aliphatic carbocycles. The van der Waals surface area contributed by atoms with Crippen molar-refractivity contribution in [3.05, 3.63) is 87.9 Å². The van der Waals surface area contributed by atoms with E-state index in [4.69, 9.17) is 21.1 Å². The number of amides is 1. The van der Waals surface area contributed by atoms with Gasteiger partial charge in [-0.25, -0.2) is 0 Å². The highest BCUT2D eigenvalue weighted by atomic mass is 35.5. The van der Waals surface area contributed by atoms with Crippen LogP contribution in [0.1, 0.15) is 34.0 Å². The molecule has 0 saturated heterocycles. The highest BCUT2D eigenvalue weighted by Gasteiger charge is 2.10. The molecule has 0 aliphatic heterocycles. The van der Waals surface area contributed by atoms with Gasteiger partial charge in [-0.3, -0.25) is 9.59 Å². The normalized spacial score (nSPS) is 10.5. The molecule has 3 aromatic rings. The lowest BCUT2D eigenvalue weighted by atomic mass is 10.1. The van der Waals surface area contributed by atoms with E-state index >= 15 is 0 Å². The molecule has 0 fully saturated rings. The van der Waals surface area contributed by atoms with E-state index in [-0.39, 0.29) is 18.3 Å². The van der Waals surface area contributed by atoms with Crippen LogP contribution in [0.25, 0.3) is 0 Å². The Hall–Kier alpha value is -3.31. The Labute approximate surface area is 187 Å². The van der Waals surface area contributed by atoms with Crippen LogP contribution in [0.5, 0.6) is 11.5 Å². The van der Waals surface area contributed by atoms with Gasteiger partial charge in [0.25, 0.3) is 5.91 Å². The molecular weight excluding hydrogens is 414 g/mol. The van der Waals surface area contributed by atoms with E-state index in [2.05, 4.69) is 5.32 Å². The molecule has 3 aromatic carbocycles. The number of hydrogen-bond donors (Lipinski definition) is 1. The fraction of sp³-hybridized carbons (Fsp3) is 0.200. The standard InChI is InChI=1S/C25H24ClNO4/c1-4-30-24(28)15-18-6-12-23(22(26)14-18)31-21-10-8-20(9-11-21)27-25(29)19-7-5-16(2)17(3)13-19/h5-14H,4,15H2,1-3H3,(H,27,29). The topological polar surface area (TPSA) is 64.6 Å². The summed E-state index contributed by atoms with van der Waals surface area (Å²) in [6.45, 7) is 6.10. The zero-order chi connectivity index (χ0) is 22.4. The molecule has 31 heavy (non-hydrogen) atoms. The van der Waals surface area contributed by atoms with Crippen molar-refractivity contribution in [2.45, 2.75) is 27.2 Å². The second kappa shape index (κ2) is 10.1. The number of anilines is 1. The summed E-state index contributed by atoms with van der Waals surface area (Å²) in [6, 6.07) is 17.8. The monoisotopic (exact) mass is 437 g/mol. The first-order chi connectivity index (χ1) is 14.9. The van der Waals surface area contributed by atoms with E-state index in [0.717, 1.165) is 16.7 Å². The largest absolute Gasteiger partial charge is 0.466 e. The van der Waals surface area contributed by atoms with Crippen molar-refractivity contribution in [3.63, 3.8) is 0 Å². The zero-order valence-corrected chi connectivity index (χ0v) is 18.5. The molecule has 0 radical (unpaired) electrons. The number of nitrogens with one attached hydrogen (secondary N) is 1. The van der Waals surface area contributed by atoms with Crippen molar-refractivity contribution in [1.82, 2.24) is 0 Å². The van der Waals surface area contributed by atoms with Crippen LogP contribution < -0.4 is 10.1 Å². The number of ether oxygens (including phenoxy) is 2. The van der Waals surface area contributed by atoms with Gasteiger partial charge >= 0.3 is 5.97 Å². The Bertz CT molecular complexity index is 1090. The molecule has 0 saturated carbocycles. The molecule has 5 nitrogen and oxygen atoms in total. The molecule has 6 heteroatoms. The van der Waals surface area contributed by atoms with E-state index in [1.807, 2.05) is 32.0 Å². The average molecular weight is 438 g/mol. The van der Waals surface area contributed by atoms with Crippen molar-refractivity contribution in [2.24, 2.45) is 0 Å². The maximum atomic E-state index is 12.5. The first-order valence-corrected chi connectivity index (χ1v) is 10.3. The van der Waals surface area contributed by atoms with Crippen LogP contribution in [0.4, 0.5) is 5.69 Å². The Morgan fingerprint density at radius 1 is 0.935 bits per heavy atom. The minimum absolute atomic E-state index is 0.155. The second-order valence-electron chi connectivity index (χ2n) is 7.13. The van der Waals surface area contributed by atoms with E-state index in [9.17, 15) is 9.59 Å². The van der Waals surface area contributed by atoms with Crippen LogP contribution in [-0.4, -0.2) is 18.5 Å². The van der Waals surface area contributed by atoms with Crippen LogP contribution in [0.3, 0.4) is 0 Å².